The summed E-state index contributed by atoms with van der Waals surface area (Å²) < 4.78 is 0. The van der Waals surface area contributed by atoms with E-state index in [9.17, 15) is 0 Å². The molecule has 2 aromatic rings. The molecule has 0 bridgehead atoms. The first-order valence-corrected chi connectivity index (χ1v) is 6.59. The van der Waals surface area contributed by atoms with Gasteiger partial charge in [0, 0.05) is 6.54 Å². The zero-order chi connectivity index (χ0) is 11.9. The highest BCUT2D eigenvalue weighted by Gasteiger charge is 1.98. The van der Waals surface area contributed by atoms with Crippen LogP contribution in [-0.4, -0.2) is 6.54 Å². The van der Waals surface area contributed by atoms with Crippen LogP contribution in [0.5, 0.6) is 0 Å². The fourth-order valence-electron chi connectivity index (χ4n) is 2.17. The van der Waals surface area contributed by atoms with E-state index < -0.39 is 0 Å². The third-order valence-corrected chi connectivity index (χ3v) is 3.15. The molecule has 0 radical (unpaired) electrons. The molecule has 2 rings (SSSR count). The lowest BCUT2D eigenvalue weighted by Crippen LogP contribution is -2.14. The van der Waals surface area contributed by atoms with Gasteiger partial charge in [-0.2, -0.15) is 0 Å². The first-order chi connectivity index (χ1) is 8.42. The van der Waals surface area contributed by atoms with Gasteiger partial charge in [-0.25, -0.2) is 0 Å². The maximum Gasteiger partial charge on any atom is 0.0211 e. The fraction of sp³-hybridized carbons (Fsp3) is 0.375. The minimum absolute atomic E-state index is 0.977. The van der Waals surface area contributed by atoms with Crippen LogP contribution in [-0.2, 0) is 6.54 Å². The Hall–Kier alpha value is -1.34. The van der Waals surface area contributed by atoms with E-state index in [0.29, 0.717) is 0 Å². The standard InChI is InChI=1S/C16H21N/c1-2-3-6-12-17-13-15-10-7-9-14-8-4-5-11-16(14)15/h4-5,7-11,17H,2-3,6,12-13H2,1H3. The van der Waals surface area contributed by atoms with Crippen molar-refractivity contribution in [3.8, 4) is 0 Å². The number of rotatable bonds is 6. The van der Waals surface area contributed by atoms with E-state index in [1.165, 1.54) is 35.6 Å². The van der Waals surface area contributed by atoms with Crippen molar-refractivity contribution in [2.24, 2.45) is 0 Å². The van der Waals surface area contributed by atoms with E-state index in [2.05, 4.69) is 54.7 Å². The second-order valence-corrected chi connectivity index (χ2v) is 4.52. The molecule has 0 aliphatic rings. The van der Waals surface area contributed by atoms with Gasteiger partial charge in [-0.1, -0.05) is 62.2 Å². The highest BCUT2D eigenvalue weighted by Crippen LogP contribution is 2.18. The Labute approximate surface area is 104 Å². The van der Waals surface area contributed by atoms with Crippen molar-refractivity contribution in [1.82, 2.24) is 5.32 Å². The molecule has 0 heterocycles. The summed E-state index contributed by atoms with van der Waals surface area (Å²) in [7, 11) is 0. The van der Waals surface area contributed by atoms with Crippen molar-refractivity contribution in [2.75, 3.05) is 6.54 Å². The Bertz CT molecular complexity index is 457. The third-order valence-electron chi connectivity index (χ3n) is 3.15. The minimum atomic E-state index is 0.977. The predicted molar refractivity (Wildman–Crippen MR) is 75.2 cm³/mol. The third kappa shape index (κ3) is 3.31. The minimum Gasteiger partial charge on any atom is -0.313 e. The molecule has 0 aliphatic heterocycles. The number of fused-ring (bicyclic) bond motifs is 1. The molecule has 0 fully saturated rings. The summed E-state index contributed by atoms with van der Waals surface area (Å²) in [5.41, 5.74) is 1.40. The molecular formula is C16H21N. The van der Waals surface area contributed by atoms with E-state index in [4.69, 9.17) is 0 Å². The molecule has 0 spiro atoms. The van der Waals surface area contributed by atoms with Gasteiger partial charge in [0.1, 0.15) is 0 Å². The quantitative estimate of drug-likeness (QED) is 0.732. The van der Waals surface area contributed by atoms with Crippen LogP contribution >= 0.6 is 0 Å². The van der Waals surface area contributed by atoms with Crippen LogP contribution in [0.25, 0.3) is 10.8 Å². The number of hydrogen-bond donors (Lipinski definition) is 1. The predicted octanol–water partition coefficient (Wildman–Crippen LogP) is 4.12. The van der Waals surface area contributed by atoms with Gasteiger partial charge in [-0.3, -0.25) is 0 Å². The highest BCUT2D eigenvalue weighted by molar-refractivity contribution is 5.85. The van der Waals surface area contributed by atoms with Crippen molar-refractivity contribution in [1.29, 1.82) is 0 Å². The fourth-order valence-corrected chi connectivity index (χ4v) is 2.17. The number of unbranched alkanes of at least 4 members (excludes halogenated alkanes) is 2. The molecule has 0 atom stereocenters. The molecule has 0 aromatic heterocycles. The number of hydrogen-bond acceptors (Lipinski definition) is 1. The Balaban J connectivity index is 1.98. The van der Waals surface area contributed by atoms with Crippen molar-refractivity contribution in [3.63, 3.8) is 0 Å². The Morgan fingerprint density at radius 3 is 2.65 bits per heavy atom. The SMILES string of the molecule is CCCCCNCc1cccc2ccccc12. The van der Waals surface area contributed by atoms with Crippen LogP contribution in [0.4, 0.5) is 0 Å². The molecule has 1 nitrogen and oxygen atoms in total. The smallest absolute Gasteiger partial charge is 0.0211 e. The van der Waals surface area contributed by atoms with Crippen LogP contribution < -0.4 is 5.32 Å². The van der Waals surface area contributed by atoms with Crippen molar-refractivity contribution in [3.05, 3.63) is 48.0 Å². The summed E-state index contributed by atoms with van der Waals surface area (Å²) in [6.07, 6.45) is 3.89. The van der Waals surface area contributed by atoms with E-state index in [1.807, 2.05) is 0 Å². The van der Waals surface area contributed by atoms with Crippen molar-refractivity contribution < 1.29 is 0 Å². The number of benzene rings is 2. The molecule has 0 saturated carbocycles. The maximum atomic E-state index is 3.53. The molecule has 0 unspecified atom stereocenters. The topological polar surface area (TPSA) is 12.0 Å². The summed E-state index contributed by atoms with van der Waals surface area (Å²) in [6, 6.07) is 15.1. The Morgan fingerprint density at radius 1 is 0.941 bits per heavy atom. The van der Waals surface area contributed by atoms with Crippen LogP contribution in [0, 0.1) is 0 Å². The summed E-state index contributed by atoms with van der Waals surface area (Å²) in [6.45, 7) is 4.34. The van der Waals surface area contributed by atoms with Gasteiger partial charge < -0.3 is 5.32 Å². The van der Waals surface area contributed by atoms with Crippen molar-refractivity contribution >= 4 is 10.8 Å². The molecule has 0 saturated heterocycles. The molecule has 90 valence electrons. The maximum absolute atomic E-state index is 3.53. The molecular weight excluding hydrogens is 206 g/mol. The van der Waals surface area contributed by atoms with Gasteiger partial charge in [0.05, 0.1) is 0 Å². The Kier molecular flexibility index (Phi) is 4.57. The van der Waals surface area contributed by atoms with Crippen molar-refractivity contribution in [2.45, 2.75) is 32.7 Å². The van der Waals surface area contributed by atoms with Gasteiger partial charge in [0.25, 0.3) is 0 Å². The number of nitrogens with one attached hydrogen (secondary N) is 1. The zero-order valence-electron chi connectivity index (χ0n) is 10.6. The normalized spacial score (nSPS) is 10.9. The van der Waals surface area contributed by atoms with E-state index in [0.717, 1.165) is 13.1 Å². The van der Waals surface area contributed by atoms with Crippen LogP contribution in [0.1, 0.15) is 31.7 Å². The Morgan fingerprint density at radius 2 is 1.76 bits per heavy atom. The molecule has 2 aromatic carbocycles. The lowest BCUT2D eigenvalue weighted by molar-refractivity contribution is 0.618. The first kappa shape index (κ1) is 12.1. The zero-order valence-corrected chi connectivity index (χ0v) is 10.6. The largest absolute Gasteiger partial charge is 0.313 e. The highest BCUT2D eigenvalue weighted by atomic mass is 14.8. The van der Waals surface area contributed by atoms with Crippen LogP contribution in [0.3, 0.4) is 0 Å². The second kappa shape index (κ2) is 6.41. The van der Waals surface area contributed by atoms with Gasteiger partial charge in [-0.15, -0.1) is 0 Å². The van der Waals surface area contributed by atoms with Crippen LogP contribution in [0.15, 0.2) is 42.5 Å². The lowest BCUT2D eigenvalue weighted by atomic mass is 10.0. The van der Waals surface area contributed by atoms with E-state index in [-0.39, 0.29) is 0 Å². The molecule has 1 N–H and O–H groups in total. The second-order valence-electron chi connectivity index (χ2n) is 4.52. The summed E-state index contributed by atoms with van der Waals surface area (Å²) in [4.78, 5) is 0. The molecule has 0 amide bonds. The summed E-state index contributed by atoms with van der Waals surface area (Å²) >= 11 is 0. The van der Waals surface area contributed by atoms with Gasteiger partial charge in [0.2, 0.25) is 0 Å². The van der Waals surface area contributed by atoms with Gasteiger partial charge >= 0.3 is 0 Å². The lowest BCUT2D eigenvalue weighted by Gasteiger charge is -2.08. The average molecular weight is 227 g/mol. The van der Waals surface area contributed by atoms with Gasteiger partial charge in [0.15, 0.2) is 0 Å². The van der Waals surface area contributed by atoms with Gasteiger partial charge in [-0.05, 0) is 29.3 Å². The summed E-state index contributed by atoms with van der Waals surface area (Å²) in [5.74, 6) is 0. The monoisotopic (exact) mass is 227 g/mol. The molecule has 17 heavy (non-hydrogen) atoms. The summed E-state index contributed by atoms with van der Waals surface area (Å²) in [5, 5.41) is 6.24. The van der Waals surface area contributed by atoms with Crippen LogP contribution in [0.2, 0.25) is 0 Å². The first-order valence-electron chi connectivity index (χ1n) is 6.59. The van der Waals surface area contributed by atoms with E-state index in [1.54, 1.807) is 0 Å². The average Bonchev–Trinajstić information content (AvgIpc) is 2.39. The molecule has 1 heteroatoms. The molecule has 0 aliphatic carbocycles. The van der Waals surface area contributed by atoms with E-state index >= 15 is 0 Å².